The van der Waals surface area contributed by atoms with Crippen molar-refractivity contribution in [2.45, 2.75) is 12.5 Å². The molecule has 1 heterocycles. The Morgan fingerprint density at radius 1 is 1.14 bits per heavy atom. The van der Waals surface area contributed by atoms with Gasteiger partial charge in [0.2, 0.25) is 0 Å². The Kier molecular flexibility index (Phi) is 4.21. The molecule has 2 aromatic carbocycles. The maximum atomic E-state index is 12.0. The molecule has 3 rings (SSSR count). The predicted molar refractivity (Wildman–Crippen MR) is 85.9 cm³/mol. The summed E-state index contributed by atoms with van der Waals surface area (Å²) in [7, 11) is 0. The molecule has 0 amide bonds. The third kappa shape index (κ3) is 3.18. The highest BCUT2D eigenvalue weighted by atomic mass is 16.5. The van der Waals surface area contributed by atoms with Crippen molar-refractivity contribution in [1.29, 1.82) is 0 Å². The van der Waals surface area contributed by atoms with E-state index in [9.17, 15) is 4.79 Å². The fraction of sp³-hybridized carbons (Fsp3) is 0.111. The highest BCUT2D eigenvalue weighted by Crippen LogP contribution is 2.19. The number of H-pyrrole nitrogens is 1. The highest BCUT2D eigenvalue weighted by Gasteiger charge is 2.17. The zero-order valence-electron chi connectivity index (χ0n) is 12.0. The molecule has 0 unspecified atom stereocenters. The van der Waals surface area contributed by atoms with E-state index in [4.69, 9.17) is 10.5 Å². The van der Waals surface area contributed by atoms with Crippen molar-refractivity contribution in [3.8, 4) is 0 Å². The van der Waals surface area contributed by atoms with E-state index in [0.717, 1.165) is 22.0 Å². The van der Waals surface area contributed by atoms with Crippen LogP contribution in [0.1, 0.15) is 11.1 Å². The zero-order chi connectivity index (χ0) is 15.4. The van der Waals surface area contributed by atoms with Crippen LogP contribution in [0.15, 0.2) is 60.8 Å². The van der Waals surface area contributed by atoms with Crippen LogP contribution in [0.4, 0.5) is 0 Å². The molecule has 111 valence electrons. The van der Waals surface area contributed by atoms with Crippen LogP contribution in [-0.2, 0) is 16.0 Å². The number of nitrogens with two attached hydrogens (primary N) is 1. The quantitative estimate of drug-likeness (QED) is 0.711. The van der Waals surface area contributed by atoms with Crippen molar-refractivity contribution in [2.75, 3.05) is 0 Å². The van der Waals surface area contributed by atoms with Crippen LogP contribution < -0.4 is 5.73 Å². The molecule has 3 N–H and O–H groups in total. The van der Waals surface area contributed by atoms with Crippen LogP contribution in [0.2, 0.25) is 0 Å². The second-order valence-electron chi connectivity index (χ2n) is 5.14. The number of hydrogen-bond acceptors (Lipinski definition) is 3. The number of ether oxygens (including phenoxy) is 1. The van der Waals surface area contributed by atoms with Crippen molar-refractivity contribution in [3.05, 3.63) is 78.5 Å². The van der Waals surface area contributed by atoms with Gasteiger partial charge in [0.25, 0.3) is 0 Å². The van der Waals surface area contributed by atoms with Crippen molar-refractivity contribution in [2.24, 2.45) is 5.73 Å². The van der Waals surface area contributed by atoms with Gasteiger partial charge in [-0.15, -0.1) is 0 Å². The molecular weight excluding hydrogens is 276 g/mol. The van der Waals surface area contributed by atoms with Crippen LogP contribution in [0, 0.1) is 6.61 Å². The van der Waals surface area contributed by atoms with Crippen molar-refractivity contribution >= 4 is 16.9 Å². The fourth-order valence-electron chi connectivity index (χ4n) is 2.37. The third-order valence-electron chi connectivity index (χ3n) is 3.53. The van der Waals surface area contributed by atoms with E-state index in [-0.39, 0.29) is 0 Å². The van der Waals surface area contributed by atoms with Gasteiger partial charge in [-0.2, -0.15) is 0 Å². The zero-order valence-corrected chi connectivity index (χ0v) is 12.0. The van der Waals surface area contributed by atoms with Gasteiger partial charge in [-0.05, 0) is 17.2 Å². The maximum Gasteiger partial charge on any atom is 0.324 e. The molecule has 1 radical (unpaired) electrons. The molecule has 0 spiro atoms. The van der Waals surface area contributed by atoms with E-state index in [1.54, 1.807) is 0 Å². The van der Waals surface area contributed by atoms with E-state index in [0.29, 0.717) is 6.42 Å². The summed E-state index contributed by atoms with van der Waals surface area (Å²) in [5.41, 5.74) is 8.83. The van der Waals surface area contributed by atoms with E-state index in [1.807, 2.05) is 60.8 Å². The Balaban J connectivity index is 1.61. The molecule has 22 heavy (non-hydrogen) atoms. The van der Waals surface area contributed by atoms with Crippen LogP contribution in [-0.4, -0.2) is 17.0 Å². The monoisotopic (exact) mass is 293 g/mol. The normalized spacial score (nSPS) is 12.2. The predicted octanol–water partition coefficient (Wildman–Crippen LogP) is 2.79. The number of aromatic nitrogens is 1. The van der Waals surface area contributed by atoms with Crippen LogP contribution >= 0.6 is 0 Å². The fourth-order valence-corrected chi connectivity index (χ4v) is 2.37. The number of fused-ring (bicyclic) bond motifs is 1. The van der Waals surface area contributed by atoms with Gasteiger partial charge in [0.15, 0.2) is 6.61 Å². The van der Waals surface area contributed by atoms with Crippen LogP contribution in [0.5, 0.6) is 0 Å². The lowest BCUT2D eigenvalue weighted by Gasteiger charge is -2.10. The first-order chi connectivity index (χ1) is 10.7. The van der Waals surface area contributed by atoms with Gasteiger partial charge in [-0.3, -0.25) is 4.79 Å². The molecule has 0 aliphatic carbocycles. The molecular formula is C18H17N2O2. The van der Waals surface area contributed by atoms with Crippen LogP contribution in [0.25, 0.3) is 10.9 Å². The van der Waals surface area contributed by atoms with Crippen molar-refractivity contribution in [1.82, 2.24) is 4.98 Å². The minimum Gasteiger partial charge on any atom is -0.452 e. The number of esters is 1. The van der Waals surface area contributed by atoms with Gasteiger partial charge in [-0.25, -0.2) is 0 Å². The minimum absolute atomic E-state index is 0.436. The molecule has 0 saturated carbocycles. The summed E-state index contributed by atoms with van der Waals surface area (Å²) in [6, 6.07) is 16.6. The van der Waals surface area contributed by atoms with Gasteiger partial charge in [0.1, 0.15) is 6.04 Å². The molecule has 1 aromatic heterocycles. The average molecular weight is 293 g/mol. The molecule has 0 aliphatic rings. The second-order valence-corrected chi connectivity index (χ2v) is 5.14. The SMILES string of the molecule is N[C@@H](Cc1c[nH]c2ccccc12)C(=O)O[CH]c1ccccc1. The first kappa shape index (κ1) is 14.4. The molecule has 0 saturated heterocycles. The number of para-hydroxylation sites is 1. The van der Waals surface area contributed by atoms with Crippen molar-refractivity contribution in [3.63, 3.8) is 0 Å². The summed E-state index contributed by atoms with van der Waals surface area (Å²) < 4.78 is 5.15. The van der Waals surface area contributed by atoms with E-state index in [2.05, 4.69) is 4.98 Å². The first-order valence-electron chi connectivity index (χ1n) is 7.13. The molecule has 4 nitrogen and oxygen atoms in total. The lowest BCUT2D eigenvalue weighted by atomic mass is 10.1. The molecule has 0 fully saturated rings. The Morgan fingerprint density at radius 2 is 1.86 bits per heavy atom. The average Bonchev–Trinajstić information content (AvgIpc) is 2.97. The summed E-state index contributed by atoms with van der Waals surface area (Å²) in [6.07, 6.45) is 2.32. The first-order valence-corrected chi connectivity index (χ1v) is 7.13. The molecule has 0 bridgehead atoms. The Labute approximate surface area is 128 Å². The van der Waals surface area contributed by atoms with E-state index in [1.165, 1.54) is 6.61 Å². The number of hydrogen-bond donors (Lipinski definition) is 2. The number of benzene rings is 2. The van der Waals surface area contributed by atoms with Gasteiger partial charge >= 0.3 is 5.97 Å². The Bertz CT molecular complexity index is 765. The standard InChI is InChI=1S/C18H17N2O2/c19-16(18(21)22-12-13-6-2-1-3-7-13)10-14-11-20-17-9-5-4-8-15(14)17/h1-9,11-12,16,20H,10,19H2/t16-/m0/s1. The molecule has 1 atom stereocenters. The highest BCUT2D eigenvalue weighted by molar-refractivity contribution is 5.84. The van der Waals surface area contributed by atoms with Crippen molar-refractivity contribution < 1.29 is 9.53 Å². The lowest BCUT2D eigenvalue weighted by molar-refractivity contribution is -0.141. The topological polar surface area (TPSA) is 68.1 Å². The molecule has 4 heteroatoms. The van der Waals surface area contributed by atoms with E-state index >= 15 is 0 Å². The molecule has 3 aromatic rings. The second kappa shape index (κ2) is 6.45. The summed E-state index contributed by atoms with van der Waals surface area (Å²) in [5.74, 6) is -0.436. The summed E-state index contributed by atoms with van der Waals surface area (Å²) in [5, 5.41) is 1.08. The number of rotatable bonds is 5. The van der Waals surface area contributed by atoms with Gasteiger partial charge < -0.3 is 15.5 Å². The van der Waals surface area contributed by atoms with Gasteiger partial charge in [0.05, 0.1) is 0 Å². The summed E-state index contributed by atoms with van der Waals surface area (Å²) in [6.45, 7) is 1.43. The van der Waals surface area contributed by atoms with Gasteiger partial charge in [0, 0.05) is 23.5 Å². The largest absolute Gasteiger partial charge is 0.452 e. The van der Waals surface area contributed by atoms with E-state index < -0.39 is 12.0 Å². The van der Waals surface area contributed by atoms with Crippen LogP contribution in [0.3, 0.4) is 0 Å². The maximum absolute atomic E-state index is 12.0. The number of nitrogens with one attached hydrogen (secondary N) is 1. The third-order valence-corrected chi connectivity index (χ3v) is 3.53. The number of aromatic amines is 1. The summed E-state index contributed by atoms with van der Waals surface area (Å²) in [4.78, 5) is 15.2. The minimum atomic E-state index is -0.695. The summed E-state index contributed by atoms with van der Waals surface area (Å²) >= 11 is 0. The number of carbonyl (C=O) groups excluding carboxylic acids is 1. The number of carbonyl (C=O) groups is 1. The Hall–Kier alpha value is -2.59. The molecule has 0 aliphatic heterocycles. The smallest absolute Gasteiger partial charge is 0.324 e. The van der Waals surface area contributed by atoms with Gasteiger partial charge in [-0.1, -0.05) is 48.5 Å². The lowest BCUT2D eigenvalue weighted by Crippen LogP contribution is -2.33. The Morgan fingerprint density at radius 3 is 2.68 bits per heavy atom.